The van der Waals surface area contributed by atoms with Crippen LogP contribution in [0.5, 0.6) is 11.5 Å². The predicted molar refractivity (Wildman–Crippen MR) is 120 cm³/mol. The van der Waals surface area contributed by atoms with Crippen molar-refractivity contribution in [3.63, 3.8) is 0 Å². The molecule has 0 bridgehead atoms. The molecule has 0 radical (unpaired) electrons. The summed E-state index contributed by atoms with van der Waals surface area (Å²) in [4.78, 5) is 22.8. The molecular formula is C22H23FN4O3S. The maximum atomic E-state index is 14.6. The molecule has 3 rings (SSSR count). The second-order valence-corrected chi connectivity index (χ2v) is 7.66. The summed E-state index contributed by atoms with van der Waals surface area (Å²) >= 11 is 1.32. The van der Waals surface area contributed by atoms with Crippen LogP contribution in [0.2, 0.25) is 0 Å². The molecular weight excluding hydrogens is 419 g/mol. The maximum Gasteiger partial charge on any atom is 0.258 e. The first kappa shape index (κ1) is 22.4. The monoisotopic (exact) mass is 442 g/mol. The molecule has 1 aromatic carbocycles. The van der Waals surface area contributed by atoms with E-state index < -0.39 is 11.7 Å². The Bertz CT molecular complexity index is 1060. The van der Waals surface area contributed by atoms with Crippen LogP contribution in [0.15, 0.2) is 53.8 Å². The highest BCUT2D eigenvalue weighted by atomic mass is 32.2. The van der Waals surface area contributed by atoms with Gasteiger partial charge in [0.15, 0.2) is 11.6 Å². The summed E-state index contributed by atoms with van der Waals surface area (Å²) in [5.41, 5.74) is 1.61. The van der Waals surface area contributed by atoms with Gasteiger partial charge in [-0.3, -0.25) is 9.78 Å². The lowest BCUT2D eigenvalue weighted by atomic mass is 10.2. The van der Waals surface area contributed by atoms with Crippen molar-refractivity contribution < 1.29 is 18.7 Å². The van der Waals surface area contributed by atoms with Crippen molar-refractivity contribution >= 4 is 29.2 Å². The molecule has 0 atom stereocenters. The van der Waals surface area contributed by atoms with E-state index >= 15 is 0 Å². The van der Waals surface area contributed by atoms with Gasteiger partial charge in [-0.2, -0.15) is 0 Å². The van der Waals surface area contributed by atoms with Gasteiger partial charge in [-0.05, 0) is 24.3 Å². The molecule has 0 unspecified atom stereocenters. The number of nitrogens with one attached hydrogen (secondary N) is 1. The number of hydrogen-bond donors (Lipinski definition) is 1. The topological polar surface area (TPSA) is 76.6 Å². The fourth-order valence-electron chi connectivity index (χ4n) is 2.80. The SMILES string of the molecule is COc1ccc(CSc2nc(N(C)C)c(F)cc2C(=O)Nc2ccncc2)c(OC)c1. The van der Waals surface area contributed by atoms with E-state index in [9.17, 15) is 9.18 Å². The summed E-state index contributed by atoms with van der Waals surface area (Å²) in [6, 6.07) is 10.0. The molecule has 2 aromatic heterocycles. The van der Waals surface area contributed by atoms with Crippen LogP contribution in [-0.2, 0) is 5.75 Å². The molecule has 3 aromatic rings. The third kappa shape index (κ3) is 5.43. The Morgan fingerprint density at radius 3 is 2.52 bits per heavy atom. The predicted octanol–water partition coefficient (Wildman–Crippen LogP) is 4.24. The van der Waals surface area contributed by atoms with Crippen LogP contribution in [0.3, 0.4) is 0 Å². The zero-order valence-electron chi connectivity index (χ0n) is 17.7. The average molecular weight is 443 g/mol. The zero-order chi connectivity index (χ0) is 22.4. The van der Waals surface area contributed by atoms with Crippen LogP contribution in [0.4, 0.5) is 15.9 Å². The first-order valence-corrected chi connectivity index (χ1v) is 10.3. The van der Waals surface area contributed by atoms with Crippen molar-refractivity contribution in [2.45, 2.75) is 10.8 Å². The number of carbonyl (C=O) groups excluding carboxylic acids is 1. The van der Waals surface area contributed by atoms with Crippen molar-refractivity contribution in [3.8, 4) is 11.5 Å². The molecule has 0 saturated carbocycles. The number of amides is 1. The number of halogens is 1. The number of benzene rings is 1. The summed E-state index contributed by atoms with van der Waals surface area (Å²) in [6.07, 6.45) is 3.13. The van der Waals surface area contributed by atoms with E-state index in [1.54, 1.807) is 63.8 Å². The summed E-state index contributed by atoms with van der Waals surface area (Å²) in [5, 5.41) is 3.17. The van der Waals surface area contributed by atoms with Crippen LogP contribution in [0.1, 0.15) is 15.9 Å². The number of ether oxygens (including phenoxy) is 2. The number of methoxy groups -OCH3 is 2. The van der Waals surface area contributed by atoms with Gasteiger partial charge in [0.05, 0.1) is 19.8 Å². The molecule has 0 spiro atoms. The first-order chi connectivity index (χ1) is 14.9. The summed E-state index contributed by atoms with van der Waals surface area (Å²) in [6.45, 7) is 0. The minimum atomic E-state index is -0.573. The lowest BCUT2D eigenvalue weighted by Gasteiger charge is -2.17. The lowest BCUT2D eigenvalue weighted by Crippen LogP contribution is -2.18. The highest BCUT2D eigenvalue weighted by Crippen LogP contribution is 2.33. The Hall–Kier alpha value is -3.33. The molecule has 9 heteroatoms. The van der Waals surface area contributed by atoms with Gasteiger partial charge in [0.1, 0.15) is 16.5 Å². The average Bonchev–Trinajstić information content (AvgIpc) is 2.78. The number of aromatic nitrogens is 2. The maximum absolute atomic E-state index is 14.6. The van der Waals surface area contributed by atoms with E-state index in [4.69, 9.17) is 9.47 Å². The Kier molecular flexibility index (Phi) is 7.30. The number of hydrogen-bond acceptors (Lipinski definition) is 7. The quantitative estimate of drug-likeness (QED) is 0.523. The molecule has 0 aliphatic heterocycles. The summed E-state index contributed by atoms with van der Waals surface area (Å²) in [7, 11) is 6.56. The van der Waals surface area contributed by atoms with Gasteiger partial charge in [-0.15, -0.1) is 11.8 Å². The third-order valence-electron chi connectivity index (χ3n) is 4.39. The van der Waals surface area contributed by atoms with Crippen molar-refractivity contribution in [1.29, 1.82) is 0 Å². The minimum absolute atomic E-state index is 0.150. The molecule has 0 aliphatic carbocycles. The van der Waals surface area contributed by atoms with Gasteiger partial charge in [0.2, 0.25) is 0 Å². The first-order valence-electron chi connectivity index (χ1n) is 9.36. The molecule has 1 amide bonds. The van der Waals surface area contributed by atoms with Crippen LogP contribution < -0.4 is 19.7 Å². The smallest absolute Gasteiger partial charge is 0.258 e. The van der Waals surface area contributed by atoms with Gasteiger partial charge >= 0.3 is 0 Å². The van der Waals surface area contributed by atoms with Crippen LogP contribution in [0.25, 0.3) is 0 Å². The fourth-order valence-corrected chi connectivity index (χ4v) is 3.79. The Morgan fingerprint density at radius 2 is 1.87 bits per heavy atom. The highest BCUT2D eigenvalue weighted by molar-refractivity contribution is 7.98. The molecule has 1 N–H and O–H groups in total. The van der Waals surface area contributed by atoms with Crippen molar-refractivity contribution in [3.05, 3.63) is 65.7 Å². The van der Waals surface area contributed by atoms with Crippen LogP contribution >= 0.6 is 11.8 Å². The van der Waals surface area contributed by atoms with Gasteiger partial charge in [0.25, 0.3) is 5.91 Å². The molecule has 162 valence electrons. The third-order valence-corrected chi connectivity index (χ3v) is 5.43. The minimum Gasteiger partial charge on any atom is -0.497 e. The van der Waals surface area contributed by atoms with Gasteiger partial charge < -0.3 is 19.7 Å². The Morgan fingerprint density at radius 1 is 1.13 bits per heavy atom. The zero-order valence-corrected chi connectivity index (χ0v) is 18.5. The largest absolute Gasteiger partial charge is 0.497 e. The van der Waals surface area contributed by atoms with Crippen molar-refractivity contribution in [2.24, 2.45) is 0 Å². The summed E-state index contributed by atoms with van der Waals surface area (Å²) in [5.74, 6) is 0.934. The van der Waals surface area contributed by atoms with Crippen molar-refractivity contribution in [2.75, 3.05) is 38.5 Å². The molecule has 7 nitrogen and oxygen atoms in total. The normalized spacial score (nSPS) is 10.5. The number of anilines is 2. The molecule has 31 heavy (non-hydrogen) atoms. The van der Waals surface area contributed by atoms with Crippen LogP contribution in [-0.4, -0.2) is 44.2 Å². The second-order valence-electron chi connectivity index (χ2n) is 6.70. The van der Waals surface area contributed by atoms with E-state index in [-0.39, 0.29) is 11.4 Å². The molecule has 0 fully saturated rings. The second kappa shape index (κ2) is 10.1. The fraction of sp³-hybridized carbons (Fsp3) is 0.227. The lowest BCUT2D eigenvalue weighted by molar-refractivity contribution is 0.102. The number of thioether (sulfide) groups is 1. The van der Waals surface area contributed by atoms with E-state index in [1.165, 1.54) is 17.8 Å². The van der Waals surface area contributed by atoms with E-state index in [0.717, 1.165) is 5.56 Å². The number of rotatable bonds is 8. The molecule has 0 aliphatic rings. The molecule has 0 saturated heterocycles. The number of pyridine rings is 2. The molecule has 2 heterocycles. The number of nitrogens with zero attached hydrogens (tertiary/aromatic N) is 3. The van der Waals surface area contributed by atoms with Gasteiger partial charge in [-0.1, -0.05) is 6.07 Å². The Labute approximate surface area is 184 Å². The van der Waals surface area contributed by atoms with E-state index in [2.05, 4.69) is 15.3 Å². The summed E-state index contributed by atoms with van der Waals surface area (Å²) < 4.78 is 25.3. The highest BCUT2D eigenvalue weighted by Gasteiger charge is 2.20. The standard InChI is InChI=1S/C22H23FN4O3S/c1-27(2)20-18(23)12-17(21(28)25-15-7-9-24-10-8-15)22(26-20)31-13-14-5-6-16(29-3)11-19(14)30-4/h5-12H,13H2,1-4H3,(H,24,25,28). The number of carbonyl (C=O) groups is 1. The van der Waals surface area contributed by atoms with Gasteiger partial charge in [0, 0.05) is 49.6 Å². The van der Waals surface area contributed by atoms with E-state index in [1.807, 2.05) is 12.1 Å². The van der Waals surface area contributed by atoms with Gasteiger partial charge in [-0.25, -0.2) is 9.37 Å². The van der Waals surface area contributed by atoms with Crippen molar-refractivity contribution in [1.82, 2.24) is 9.97 Å². The Balaban J connectivity index is 1.92. The van der Waals surface area contributed by atoms with E-state index in [0.29, 0.717) is 28.0 Å². The van der Waals surface area contributed by atoms with Crippen LogP contribution in [0, 0.1) is 5.82 Å².